The zero-order valence-corrected chi connectivity index (χ0v) is 12.8. The maximum absolute atomic E-state index is 11.8. The molecule has 116 valence electrons. The van der Waals surface area contributed by atoms with E-state index in [-0.39, 0.29) is 23.0 Å². The predicted octanol–water partition coefficient (Wildman–Crippen LogP) is 2.27. The van der Waals surface area contributed by atoms with Crippen LogP contribution in [0, 0.1) is 10.1 Å². The molecule has 0 heterocycles. The molecule has 1 aromatic carbocycles. The lowest BCUT2D eigenvalue weighted by Gasteiger charge is -2.19. The van der Waals surface area contributed by atoms with Crippen LogP contribution in [0.15, 0.2) is 18.2 Å². The van der Waals surface area contributed by atoms with Gasteiger partial charge in [-0.25, -0.2) is 0 Å². The van der Waals surface area contributed by atoms with Crippen molar-refractivity contribution in [3.8, 4) is 5.75 Å². The van der Waals surface area contributed by atoms with E-state index in [1.165, 1.54) is 4.90 Å². The van der Waals surface area contributed by atoms with Crippen LogP contribution in [0.1, 0.15) is 20.3 Å². The first kappa shape index (κ1) is 16.7. The fraction of sp³-hybridized carbons (Fsp3) is 0.500. The van der Waals surface area contributed by atoms with Crippen LogP contribution in [0.25, 0.3) is 0 Å². The quantitative estimate of drug-likeness (QED) is 0.616. The summed E-state index contributed by atoms with van der Waals surface area (Å²) in [7, 11) is 3.27. The Kier molecular flexibility index (Phi) is 5.95. The Morgan fingerprint density at radius 3 is 2.67 bits per heavy atom. The van der Waals surface area contributed by atoms with Crippen molar-refractivity contribution in [2.24, 2.45) is 0 Å². The number of rotatable bonds is 7. The molecule has 7 nitrogen and oxygen atoms in total. The topological polar surface area (TPSA) is 84.7 Å². The van der Waals surface area contributed by atoms with Crippen molar-refractivity contribution in [2.75, 3.05) is 26.0 Å². The molecule has 1 atom stereocenters. The van der Waals surface area contributed by atoms with E-state index in [4.69, 9.17) is 4.74 Å². The van der Waals surface area contributed by atoms with Gasteiger partial charge in [-0.05, 0) is 25.5 Å². The molecule has 1 amide bonds. The second-order valence-electron chi connectivity index (χ2n) is 4.86. The number of benzene rings is 1. The molecule has 0 aliphatic carbocycles. The molecule has 1 rings (SSSR count). The van der Waals surface area contributed by atoms with E-state index in [9.17, 15) is 14.9 Å². The zero-order chi connectivity index (χ0) is 16.0. The molecule has 0 radical (unpaired) electrons. The summed E-state index contributed by atoms with van der Waals surface area (Å²) in [6.45, 7) is 3.98. The highest BCUT2D eigenvalue weighted by Crippen LogP contribution is 2.35. The van der Waals surface area contributed by atoms with Gasteiger partial charge in [-0.3, -0.25) is 14.9 Å². The lowest BCUT2D eigenvalue weighted by Crippen LogP contribution is -2.36. The maximum atomic E-state index is 11.8. The van der Waals surface area contributed by atoms with Crippen LogP contribution in [0.4, 0.5) is 11.4 Å². The number of likely N-dealkylation sites (N-methyl/N-ethyl adjacent to an activating group) is 1. The molecule has 7 heteroatoms. The monoisotopic (exact) mass is 295 g/mol. The van der Waals surface area contributed by atoms with Crippen LogP contribution in [0.3, 0.4) is 0 Å². The number of anilines is 1. The number of nitrogens with one attached hydrogen (secondary N) is 1. The van der Waals surface area contributed by atoms with E-state index >= 15 is 0 Å². The second kappa shape index (κ2) is 7.47. The molecule has 0 fully saturated rings. The number of amides is 1. The first-order valence-corrected chi connectivity index (χ1v) is 6.76. The molecular weight excluding hydrogens is 274 g/mol. The van der Waals surface area contributed by atoms with E-state index in [1.54, 1.807) is 39.2 Å². The highest BCUT2D eigenvalue weighted by Gasteiger charge is 2.24. The van der Waals surface area contributed by atoms with E-state index in [0.29, 0.717) is 6.61 Å². The van der Waals surface area contributed by atoms with Gasteiger partial charge >= 0.3 is 5.69 Å². The number of hydrogen-bond donors (Lipinski definition) is 1. The molecule has 21 heavy (non-hydrogen) atoms. The summed E-state index contributed by atoms with van der Waals surface area (Å²) >= 11 is 0. The Bertz CT molecular complexity index is 517. The van der Waals surface area contributed by atoms with Gasteiger partial charge in [0.25, 0.3) is 0 Å². The summed E-state index contributed by atoms with van der Waals surface area (Å²) in [6, 6.07) is 4.21. The highest BCUT2D eigenvalue weighted by molar-refractivity contribution is 5.85. The lowest BCUT2D eigenvalue weighted by atomic mass is 10.2. The van der Waals surface area contributed by atoms with Gasteiger partial charge in [0, 0.05) is 14.1 Å². The van der Waals surface area contributed by atoms with Crippen LogP contribution >= 0.6 is 0 Å². The third-order valence-corrected chi connectivity index (χ3v) is 2.83. The van der Waals surface area contributed by atoms with Gasteiger partial charge in [0.1, 0.15) is 11.7 Å². The normalized spacial score (nSPS) is 11.6. The van der Waals surface area contributed by atoms with Crippen LogP contribution in [-0.2, 0) is 4.79 Å². The van der Waals surface area contributed by atoms with Crippen LogP contribution in [0.2, 0.25) is 0 Å². The minimum atomic E-state index is -0.569. The minimum Gasteiger partial charge on any atom is -0.487 e. The number of nitro benzene ring substituents is 1. The van der Waals surface area contributed by atoms with Crippen molar-refractivity contribution in [3.63, 3.8) is 0 Å². The van der Waals surface area contributed by atoms with Gasteiger partial charge in [0.05, 0.1) is 11.5 Å². The minimum absolute atomic E-state index is 0.149. The first-order chi connectivity index (χ1) is 9.88. The molecule has 0 spiro atoms. The number of nitro groups is 1. The van der Waals surface area contributed by atoms with Gasteiger partial charge in [-0.15, -0.1) is 0 Å². The van der Waals surface area contributed by atoms with Crippen molar-refractivity contribution in [1.29, 1.82) is 0 Å². The Morgan fingerprint density at radius 2 is 2.14 bits per heavy atom. The number of hydrogen-bond acceptors (Lipinski definition) is 5. The van der Waals surface area contributed by atoms with Crippen LogP contribution in [0.5, 0.6) is 5.75 Å². The molecule has 0 aliphatic rings. The van der Waals surface area contributed by atoms with Crippen LogP contribution < -0.4 is 10.1 Å². The summed E-state index contributed by atoms with van der Waals surface area (Å²) in [4.78, 5) is 24.1. The van der Waals surface area contributed by atoms with Crippen molar-refractivity contribution < 1.29 is 14.5 Å². The highest BCUT2D eigenvalue weighted by atomic mass is 16.6. The summed E-state index contributed by atoms with van der Waals surface area (Å²) in [6.07, 6.45) is 0.754. The fourth-order valence-corrected chi connectivity index (χ4v) is 1.84. The Hall–Kier alpha value is -2.31. The van der Waals surface area contributed by atoms with Gasteiger partial charge in [-0.1, -0.05) is 13.0 Å². The number of ether oxygens (including phenoxy) is 1. The lowest BCUT2D eigenvalue weighted by molar-refractivity contribution is -0.385. The maximum Gasteiger partial charge on any atom is 0.333 e. The second-order valence-corrected chi connectivity index (χ2v) is 4.86. The Balaban J connectivity index is 3.06. The summed E-state index contributed by atoms with van der Waals surface area (Å²) in [5, 5.41) is 14.2. The third-order valence-electron chi connectivity index (χ3n) is 2.83. The smallest absolute Gasteiger partial charge is 0.333 e. The Labute approximate surface area is 124 Å². The van der Waals surface area contributed by atoms with Crippen molar-refractivity contribution in [3.05, 3.63) is 28.3 Å². The number of nitrogens with zero attached hydrogens (tertiary/aromatic N) is 2. The number of para-hydroxylation sites is 1. The summed E-state index contributed by atoms with van der Waals surface area (Å²) in [5.41, 5.74) is 0.126. The van der Waals surface area contributed by atoms with E-state index in [2.05, 4.69) is 5.32 Å². The zero-order valence-electron chi connectivity index (χ0n) is 12.8. The molecule has 0 saturated carbocycles. The largest absolute Gasteiger partial charge is 0.487 e. The Morgan fingerprint density at radius 1 is 1.48 bits per heavy atom. The average molecular weight is 295 g/mol. The summed E-state index contributed by atoms with van der Waals surface area (Å²) in [5.74, 6) is 0.0422. The van der Waals surface area contributed by atoms with Crippen LogP contribution in [-0.4, -0.2) is 42.5 Å². The molecule has 0 saturated heterocycles. The van der Waals surface area contributed by atoms with Gasteiger partial charge in [-0.2, -0.15) is 0 Å². The van der Waals surface area contributed by atoms with E-state index in [1.807, 2.05) is 6.92 Å². The molecule has 1 N–H and O–H groups in total. The van der Waals surface area contributed by atoms with E-state index in [0.717, 1.165) is 6.42 Å². The fourth-order valence-electron chi connectivity index (χ4n) is 1.84. The van der Waals surface area contributed by atoms with Gasteiger partial charge in [0.2, 0.25) is 5.91 Å². The van der Waals surface area contributed by atoms with Crippen molar-refractivity contribution in [1.82, 2.24) is 4.90 Å². The summed E-state index contributed by atoms with van der Waals surface area (Å²) < 4.78 is 5.40. The number of carbonyl (C=O) groups is 1. The molecular formula is C14H21N3O4. The van der Waals surface area contributed by atoms with Gasteiger partial charge in [0.15, 0.2) is 5.75 Å². The van der Waals surface area contributed by atoms with E-state index < -0.39 is 11.0 Å². The molecule has 1 unspecified atom stereocenters. The predicted molar refractivity (Wildman–Crippen MR) is 80.7 cm³/mol. The van der Waals surface area contributed by atoms with Gasteiger partial charge < -0.3 is 15.0 Å². The molecule has 1 aromatic rings. The van der Waals surface area contributed by atoms with Crippen molar-refractivity contribution >= 4 is 17.3 Å². The molecule has 0 aromatic heterocycles. The van der Waals surface area contributed by atoms with Crippen molar-refractivity contribution in [2.45, 2.75) is 26.3 Å². The molecule has 0 bridgehead atoms. The molecule has 0 aliphatic heterocycles. The number of carbonyl (C=O) groups excluding carboxylic acids is 1. The average Bonchev–Trinajstić information content (AvgIpc) is 2.43. The first-order valence-electron chi connectivity index (χ1n) is 6.76. The third kappa shape index (κ3) is 4.34. The SMILES string of the molecule is CCCOc1cccc(NC(C)C(=O)N(C)C)c1[N+](=O)[O-]. The standard InChI is InChI=1S/C14H21N3O4/c1-5-9-21-12-8-6-7-11(13(12)17(19)20)15-10(2)14(18)16(3)4/h6-8,10,15H,5,9H2,1-4H3.